The van der Waals surface area contributed by atoms with Crippen molar-refractivity contribution in [2.45, 2.75) is 12.3 Å². The van der Waals surface area contributed by atoms with E-state index in [1.54, 1.807) is 30.3 Å². The Bertz CT molecular complexity index is 965. The van der Waals surface area contributed by atoms with Gasteiger partial charge in [0.25, 0.3) is 0 Å². The van der Waals surface area contributed by atoms with Crippen LogP contribution in [0, 0.1) is 0 Å². The van der Waals surface area contributed by atoms with Crippen LogP contribution in [0.5, 0.6) is 23.0 Å². The number of fused-ring (bicyclic) bond motifs is 1. The lowest BCUT2D eigenvalue weighted by molar-refractivity contribution is 0.0248. The van der Waals surface area contributed by atoms with Crippen LogP contribution < -0.4 is 32.4 Å². The maximum Gasteiger partial charge on any atom is 0.234 e. The summed E-state index contributed by atoms with van der Waals surface area (Å²) in [6.07, 6.45) is 1.49. The van der Waals surface area contributed by atoms with Crippen LogP contribution in [0.15, 0.2) is 52.6 Å². The highest BCUT2D eigenvalue weighted by Gasteiger charge is 2.33. The van der Waals surface area contributed by atoms with Crippen LogP contribution in [0.4, 0.5) is 0 Å². The number of aliphatic imine (C=N–C) groups is 2. The Balaban J connectivity index is 1.95. The van der Waals surface area contributed by atoms with E-state index in [9.17, 15) is 10.2 Å². The van der Waals surface area contributed by atoms with Crippen molar-refractivity contribution in [3.63, 3.8) is 0 Å². The van der Waals surface area contributed by atoms with Gasteiger partial charge >= 0.3 is 0 Å². The SMILES string of the molecule is NC(N)=N/C=C/c1ccc2c(c1)O[C@H](N=C(N)N)[C@H](c1ccc(O)c(O)c1)O2. The van der Waals surface area contributed by atoms with Crippen LogP contribution in [-0.2, 0) is 0 Å². The summed E-state index contributed by atoms with van der Waals surface area (Å²) in [5.41, 5.74) is 22.9. The molecule has 0 saturated carbocycles. The molecule has 0 aromatic heterocycles. The van der Waals surface area contributed by atoms with Crippen molar-refractivity contribution in [2.75, 3.05) is 0 Å². The predicted molar refractivity (Wildman–Crippen MR) is 105 cm³/mol. The molecule has 1 aliphatic rings. The third kappa shape index (κ3) is 4.18. The van der Waals surface area contributed by atoms with E-state index < -0.39 is 12.3 Å². The molecule has 10 heteroatoms. The van der Waals surface area contributed by atoms with Crippen LogP contribution in [0.2, 0.25) is 0 Å². The number of aromatic hydroxyl groups is 2. The van der Waals surface area contributed by atoms with Crippen molar-refractivity contribution in [1.82, 2.24) is 0 Å². The highest BCUT2D eigenvalue weighted by molar-refractivity contribution is 5.77. The maximum atomic E-state index is 9.78. The number of nitrogens with two attached hydrogens (primary N) is 4. The molecule has 2 aromatic rings. The Labute approximate surface area is 160 Å². The molecular weight excluding hydrogens is 364 g/mol. The second kappa shape index (κ2) is 7.66. The Hall–Kier alpha value is -4.08. The van der Waals surface area contributed by atoms with Crippen molar-refractivity contribution >= 4 is 18.0 Å². The number of ether oxygens (including phenoxy) is 2. The first-order valence-corrected chi connectivity index (χ1v) is 8.17. The first-order chi connectivity index (χ1) is 13.3. The summed E-state index contributed by atoms with van der Waals surface area (Å²) in [5.74, 6) is 0.0854. The number of phenolic OH excluding ortho intramolecular Hbond substituents is 2. The summed E-state index contributed by atoms with van der Waals surface area (Å²) < 4.78 is 11.9. The topological polar surface area (TPSA) is 188 Å². The fourth-order valence-electron chi connectivity index (χ4n) is 2.61. The molecule has 1 heterocycles. The van der Waals surface area contributed by atoms with Gasteiger partial charge in [0, 0.05) is 11.8 Å². The minimum absolute atomic E-state index is 0.0541. The Morgan fingerprint density at radius 3 is 2.36 bits per heavy atom. The average molecular weight is 384 g/mol. The van der Waals surface area contributed by atoms with Crippen molar-refractivity contribution in [3.05, 3.63) is 53.7 Å². The van der Waals surface area contributed by atoms with Gasteiger partial charge in [-0.15, -0.1) is 0 Å². The molecule has 0 spiro atoms. The lowest BCUT2D eigenvalue weighted by Gasteiger charge is -2.32. The average Bonchev–Trinajstić information content (AvgIpc) is 2.62. The zero-order valence-electron chi connectivity index (χ0n) is 14.7. The molecule has 146 valence electrons. The third-order valence-electron chi connectivity index (χ3n) is 3.82. The zero-order chi connectivity index (χ0) is 20.3. The van der Waals surface area contributed by atoms with Crippen molar-refractivity contribution in [1.29, 1.82) is 0 Å². The summed E-state index contributed by atoms with van der Waals surface area (Å²) in [4.78, 5) is 7.84. The summed E-state index contributed by atoms with van der Waals surface area (Å²) in [5, 5.41) is 19.3. The predicted octanol–water partition coefficient (Wildman–Crippen LogP) is 0.454. The second-order valence-corrected chi connectivity index (χ2v) is 5.92. The molecule has 0 aliphatic carbocycles. The van der Waals surface area contributed by atoms with Gasteiger partial charge in [0.2, 0.25) is 6.23 Å². The smallest absolute Gasteiger partial charge is 0.234 e. The molecule has 0 saturated heterocycles. The van der Waals surface area contributed by atoms with E-state index in [1.807, 2.05) is 0 Å². The molecule has 2 atom stereocenters. The van der Waals surface area contributed by atoms with Crippen molar-refractivity contribution in [2.24, 2.45) is 32.9 Å². The number of benzene rings is 2. The molecule has 10 nitrogen and oxygen atoms in total. The van der Waals surface area contributed by atoms with Gasteiger partial charge in [-0.1, -0.05) is 12.1 Å². The van der Waals surface area contributed by atoms with Gasteiger partial charge in [-0.05, 0) is 35.9 Å². The highest BCUT2D eigenvalue weighted by atomic mass is 16.6. The quantitative estimate of drug-likeness (QED) is 0.249. The first-order valence-electron chi connectivity index (χ1n) is 8.17. The number of phenols is 2. The van der Waals surface area contributed by atoms with Gasteiger partial charge in [0.1, 0.15) is 0 Å². The molecule has 10 N–H and O–H groups in total. The summed E-state index contributed by atoms with van der Waals surface area (Å²) >= 11 is 0. The number of hydrogen-bond acceptors (Lipinski definition) is 6. The Kier molecular flexibility index (Phi) is 5.12. The fourth-order valence-corrected chi connectivity index (χ4v) is 2.61. The molecule has 0 amide bonds. The van der Waals surface area contributed by atoms with E-state index in [4.69, 9.17) is 32.4 Å². The van der Waals surface area contributed by atoms with Gasteiger partial charge in [0.15, 0.2) is 41.0 Å². The van der Waals surface area contributed by atoms with Gasteiger partial charge in [-0.2, -0.15) is 0 Å². The molecule has 0 unspecified atom stereocenters. The monoisotopic (exact) mass is 384 g/mol. The summed E-state index contributed by atoms with van der Waals surface area (Å²) in [6, 6.07) is 9.49. The standard InChI is InChI=1S/C18H20N6O4/c19-17(20)23-6-5-9-1-4-13-14(7-9)28-16(24-18(21)22)15(27-13)10-2-3-11(25)12(26)8-10/h1-8,15-16,25-26H,(H4,19,20,23)(H4,21,22,24)/b6-5+/t15-,16-/m0/s1. The molecule has 0 fully saturated rings. The van der Waals surface area contributed by atoms with E-state index in [1.165, 1.54) is 18.3 Å². The molecule has 28 heavy (non-hydrogen) atoms. The van der Waals surface area contributed by atoms with E-state index >= 15 is 0 Å². The molecule has 0 bridgehead atoms. The van der Waals surface area contributed by atoms with Gasteiger partial charge in [-0.3, -0.25) is 0 Å². The minimum Gasteiger partial charge on any atom is -0.504 e. The lowest BCUT2D eigenvalue weighted by Crippen LogP contribution is -2.35. The Morgan fingerprint density at radius 2 is 1.68 bits per heavy atom. The summed E-state index contributed by atoms with van der Waals surface area (Å²) in [7, 11) is 0. The number of guanidine groups is 2. The van der Waals surface area contributed by atoms with Gasteiger partial charge in [0.05, 0.1) is 0 Å². The van der Waals surface area contributed by atoms with Crippen LogP contribution in [0.1, 0.15) is 17.2 Å². The first kappa shape index (κ1) is 18.7. The van der Waals surface area contributed by atoms with E-state index in [0.29, 0.717) is 17.1 Å². The Morgan fingerprint density at radius 1 is 0.893 bits per heavy atom. The van der Waals surface area contributed by atoms with Crippen molar-refractivity contribution < 1.29 is 19.7 Å². The largest absolute Gasteiger partial charge is 0.504 e. The normalized spacial score (nSPS) is 17.9. The second-order valence-electron chi connectivity index (χ2n) is 5.92. The number of nitrogens with zero attached hydrogens (tertiary/aromatic N) is 2. The van der Waals surface area contributed by atoms with Gasteiger partial charge in [-0.25, -0.2) is 9.98 Å². The van der Waals surface area contributed by atoms with Crippen molar-refractivity contribution in [3.8, 4) is 23.0 Å². The molecule has 3 rings (SSSR count). The number of hydrogen-bond donors (Lipinski definition) is 6. The lowest BCUT2D eigenvalue weighted by atomic mass is 10.1. The molecule has 0 radical (unpaired) electrons. The molecular formula is C18H20N6O4. The van der Waals surface area contributed by atoms with Crippen LogP contribution in [0.25, 0.3) is 6.08 Å². The highest BCUT2D eigenvalue weighted by Crippen LogP contribution is 2.42. The van der Waals surface area contributed by atoms with E-state index in [0.717, 1.165) is 5.56 Å². The van der Waals surface area contributed by atoms with E-state index in [2.05, 4.69) is 9.98 Å². The van der Waals surface area contributed by atoms with Crippen LogP contribution >= 0.6 is 0 Å². The molecule has 1 aliphatic heterocycles. The van der Waals surface area contributed by atoms with Crippen LogP contribution in [-0.4, -0.2) is 28.4 Å². The third-order valence-corrected chi connectivity index (χ3v) is 3.82. The fraction of sp³-hybridized carbons (Fsp3) is 0.111. The van der Waals surface area contributed by atoms with Gasteiger partial charge < -0.3 is 42.6 Å². The number of rotatable bonds is 4. The maximum absolute atomic E-state index is 9.78. The summed E-state index contributed by atoms with van der Waals surface area (Å²) in [6.45, 7) is 0. The zero-order valence-corrected chi connectivity index (χ0v) is 14.7. The van der Waals surface area contributed by atoms with E-state index in [-0.39, 0.29) is 23.4 Å². The van der Waals surface area contributed by atoms with Crippen LogP contribution in [0.3, 0.4) is 0 Å². The minimum atomic E-state index is -0.904. The molecule has 2 aromatic carbocycles.